The van der Waals surface area contributed by atoms with Gasteiger partial charge in [-0.05, 0) is 27.7 Å². The van der Waals surface area contributed by atoms with Crippen LogP contribution in [-0.4, -0.2) is 181 Å². The van der Waals surface area contributed by atoms with Crippen molar-refractivity contribution >= 4 is 153 Å². The van der Waals surface area contributed by atoms with Gasteiger partial charge in [0.2, 0.25) is 5.25 Å². The van der Waals surface area contributed by atoms with Gasteiger partial charge < -0.3 is 9.47 Å². The van der Waals surface area contributed by atoms with Crippen LogP contribution >= 0.6 is 0 Å². The van der Waals surface area contributed by atoms with Crippen molar-refractivity contribution in [3.8, 4) is 0 Å². The summed E-state index contributed by atoms with van der Waals surface area (Å²) < 4.78 is 41.9. The number of rotatable bonds is 12. The number of hydrogen-bond acceptors (Lipinski definition) is 9. The minimum atomic E-state index is -3.71. The zero-order chi connectivity index (χ0) is 33.0. The monoisotopic (exact) mass is 565 g/mol. The highest BCUT2D eigenvalue weighted by atomic mass is 32.2. The van der Waals surface area contributed by atoms with Crippen molar-refractivity contribution in [2.45, 2.75) is 38.2 Å². The highest BCUT2D eigenvalue weighted by molar-refractivity contribution is 7.93. The standard InChI is InChI=1S/C7H12O5S.C7H12O4S.B8.B7/c1-4-12-7(9)6(5(2)8)13(3,10)11;1-4-11-7(9)6(5(2)8)12(3)10;1-6(2)8(5)7(3)4;1-5-7(4)6(2)3/h6H,4H2,1-3H3;6H,4H2,1-3H3;;. The van der Waals surface area contributed by atoms with Crippen LogP contribution < -0.4 is 0 Å². The Morgan fingerprint density at radius 3 is 1.32 bits per heavy atom. The number of sulfone groups is 1. The molecule has 9 nitrogen and oxygen atoms in total. The Morgan fingerprint density at radius 1 is 0.800 bits per heavy atom. The summed E-state index contributed by atoms with van der Waals surface area (Å²) in [6.45, 7) is 5.69. The van der Waals surface area contributed by atoms with Gasteiger partial charge in [0, 0.05) is 132 Å². The molecule has 0 spiro atoms. The highest BCUT2D eigenvalue weighted by Crippen LogP contribution is 2.03. The minimum Gasteiger partial charge on any atom is -0.465 e. The van der Waals surface area contributed by atoms with Crippen LogP contribution in [0.25, 0.3) is 0 Å². The number of hydrogen-bond donors (Lipinski definition) is 0. The molecule has 0 saturated heterocycles. The summed E-state index contributed by atoms with van der Waals surface area (Å²) in [5.74, 6) is -2.85. The Hall–Kier alpha value is -0.646. The molecule has 0 aliphatic carbocycles. The normalized spacial score (nSPS) is 11.8. The zero-order valence-electron chi connectivity index (χ0n) is 23.7. The summed E-state index contributed by atoms with van der Waals surface area (Å²) in [5.41, 5.74) is 0. The first-order valence-corrected chi connectivity index (χ1v) is 15.1. The number of ether oxygens (including phenoxy) is 2. The molecule has 0 aromatic rings. The van der Waals surface area contributed by atoms with Crippen LogP contribution in [0.15, 0.2) is 0 Å². The molecule has 0 saturated carbocycles. The lowest BCUT2D eigenvalue weighted by molar-refractivity contribution is -0.146. The average molecular weight is 563 g/mol. The summed E-state index contributed by atoms with van der Waals surface area (Å²) in [5, 5.41) is -2.79. The molecule has 0 N–H and O–H groups in total. The summed E-state index contributed by atoms with van der Waals surface area (Å²) >= 11 is 0. The third-order valence-corrected chi connectivity index (χ3v) is 6.62. The third kappa shape index (κ3) is 24.0. The van der Waals surface area contributed by atoms with Crippen LogP contribution in [0.5, 0.6) is 0 Å². The molecule has 19 radical (unpaired) electrons. The van der Waals surface area contributed by atoms with Gasteiger partial charge in [-0.2, -0.15) is 0 Å². The molecule has 0 heterocycles. The lowest BCUT2D eigenvalue weighted by atomic mass is 8.68. The van der Waals surface area contributed by atoms with E-state index in [9.17, 15) is 31.8 Å². The van der Waals surface area contributed by atoms with Gasteiger partial charge in [0.05, 0.1) is 13.2 Å². The van der Waals surface area contributed by atoms with Gasteiger partial charge in [-0.15, -0.1) is 0 Å². The first-order chi connectivity index (χ1) is 18.0. The Kier molecular flexibility index (Phi) is 28.8. The third-order valence-electron chi connectivity index (χ3n) is 4.06. The van der Waals surface area contributed by atoms with E-state index in [-0.39, 0.29) is 19.6 Å². The molecule has 191 valence electrons. The molecule has 0 bridgehead atoms. The van der Waals surface area contributed by atoms with Gasteiger partial charge in [-0.3, -0.25) is 23.4 Å². The van der Waals surface area contributed by atoms with E-state index in [1.54, 1.807) is 6.92 Å². The Balaban J connectivity index is -0.000000223. The van der Waals surface area contributed by atoms with Crippen molar-refractivity contribution in [3.63, 3.8) is 0 Å². The number of ketones is 2. The molecule has 0 aromatic heterocycles. The maximum absolute atomic E-state index is 11.0. The van der Waals surface area contributed by atoms with Crippen LogP contribution in [-0.2, 0) is 49.3 Å². The molecule has 0 aliphatic rings. The van der Waals surface area contributed by atoms with Crippen LogP contribution in [0, 0.1) is 0 Å². The summed E-state index contributed by atoms with van der Waals surface area (Å²) in [7, 11) is 42.2. The molecule has 26 heteroatoms. The van der Waals surface area contributed by atoms with Crippen molar-refractivity contribution in [3.05, 3.63) is 0 Å². The van der Waals surface area contributed by atoms with Gasteiger partial charge >= 0.3 is 11.9 Å². The van der Waals surface area contributed by atoms with Crippen LogP contribution in [0.2, 0.25) is 0 Å². The number of carbonyl (C=O) groups excluding carboxylic acids is 4. The van der Waals surface area contributed by atoms with Crippen LogP contribution in [0.1, 0.15) is 27.7 Å². The van der Waals surface area contributed by atoms with Gasteiger partial charge in [0.25, 0.3) is 0 Å². The molecule has 0 fully saturated rings. The van der Waals surface area contributed by atoms with Gasteiger partial charge in [-0.25, -0.2) is 8.42 Å². The summed E-state index contributed by atoms with van der Waals surface area (Å²) in [6.07, 6.45) is -0.566. The molecular weight excluding hydrogens is 538 g/mol. The maximum Gasteiger partial charge on any atom is 0.332 e. The topological polar surface area (TPSA) is 138 Å². The largest absolute Gasteiger partial charge is 0.465 e. The second kappa shape index (κ2) is 24.9. The highest BCUT2D eigenvalue weighted by Gasteiger charge is 2.34. The molecule has 0 rings (SSSR count). The Labute approximate surface area is 257 Å². The summed E-state index contributed by atoms with van der Waals surface area (Å²) in [6, 6.07) is 0. The fraction of sp³-hybridized carbons (Fsp3) is 0.714. The van der Waals surface area contributed by atoms with Gasteiger partial charge in [-0.1, -0.05) is 0 Å². The van der Waals surface area contributed by atoms with Gasteiger partial charge in [0.15, 0.2) is 26.7 Å². The van der Waals surface area contributed by atoms with E-state index in [0.29, 0.717) is 0 Å². The number of esters is 2. The summed E-state index contributed by atoms with van der Waals surface area (Å²) in [4.78, 5) is 43.6. The second-order valence-electron chi connectivity index (χ2n) is 7.89. The van der Waals surface area contributed by atoms with E-state index in [1.807, 2.05) is 0 Å². The fourth-order valence-electron chi connectivity index (χ4n) is 2.00. The second-order valence-corrected chi connectivity index (χ2v) is 11.5. The lowest BCUT2D eigenvalue weighted by Crippen LogP contribution is -2.52. The van der Waals surface area contributed by atoms with E-state index in [1.165, 1.54) is 27.2 Å². The van der Waals surface area contributed by atoms with Crippen molar-refractivity contribution < 1.29 is 41.3 Å². The fourth-order valence-corrected chi connectivity index (χ4v) is 3.83. The van der Waals surface area contributed by atoms with E-state index in [0.717, 1.165) is 13.2 Å². The first kappa shape index (κ1) is 46.3. The zero-order valence-corrected chi connectivity index (χ0v) is 25.4. The molecule has 40 heavy (non-hydrogen) atoms. The van der Waals surface area contributed by atoms with Crippen LogP contribution in [0.4, 0.5) is 0 Å². The number of carbonyl (C=O) groups is 4. The SMILES string of the molecule is CCOC(=O)C(C(C)=O)S(C)(=O)=O.CCOC(=O)C(C(C)=O)S(C)=O.[B]B([B])B([B])B([B])[B].[B][B]B([B])B([B])[B]. The maximum atomic E-state index is 11.0. The number of Topliss-reactive ketones (excluding diaryl/α,β-unsaturated/α-hetero) is 2. The first-order valence-electron chi connectivity index (χ1n) is 11.5. The van der Waals surface area contributed by atoms with E-state index < -0.39 is 80.2 Å². The van der Waals surface area contributed by atoms with Crippen molar-refractivity contribution in [2.24, 2.45) is 0 Å². The van der Waals surface area contributed by atoms with Crippen LogP contribution in [0.3, 0.4) is 0 Å². The molecule has 0 aromatic carbocycles. The Bertz CT molecular complexity index is 870. The molecule has 0 aliphatic heterocycles. The molecule has 3 unspecified atom stereocenters. The van der Waals surface area contributed by atoms with E-state index in [2.05, 4.69) is 9.47 Å². The molecular formula is C14H24B15O9S2. The minimum absolute atomic E-state index is 0.0537. The Morgan fingerprint density at radius 2 is 1.18 bits per heavy atom. The predicted molar refractivity (Wildman–Crippen MR) is 177 cm³/mol. The smallest absolute Gasteiger partial charge is 0.332 e. The lowest BCUT2D eigenvalue weighted by Gasteiger charge is -2.13. The van der Waals surface area contributed by atoms with Crippen molar-refractivity contribution in [1.82, 2.24) is 0 Å². The predicted octanol–water partition coefficient (Wildman–Crippen LogP) is -6.27. The van der Waals surface area contributed by atoms with E-state index in [4.69, 9.17) is 69.6 Å². The average Bonchev–Trinajstić information content (AvgIpc) is 2.77. The van der Waals surface area contributed by atoms with E-state index >= 15 is 0 Å². The van der Waals surface area contributed by atoms with Gasteiger partial charge in [0.1, 0.15) is 0 Å². The molecule has 0 amide bonds. The van der Waals surface area contributed by atoms with Crippen molar-refractivity contribution in [2.75, 3.05) is 25.7 Å². The van der Waals surface area contributed by atoms with Crippen molar-refractivity contribution in [1.29, 1.82) is 0 Å². The molecule has 3 atom stereocenters. The quantitative estimate of drug-likeness (QED) is 0.129.